The highest BCUT2D eigenvalue weighted by atomic mass is 14.8. The van der Waals surface area contributed by atoms with Gasteiger partial charge in [0.05, 0.1) is 6.34 Å². The van der Waals surface area contributed by atoms with E-state index in [-0.39, 0.29) is 0 Å². The van der Waals surface area contributed by atoms with Gasteiger partial charge in [0.1, 0.15) is 0 Å². The van der Waals surface area contributed by atoms with Gasteiger partial charge in [-0.2, -0.15) is 0 Å². The van der Waals surface area contributed by atoms with Crippen molar-refractivity contribution in [3.05, 3.63) is 11.8 Å². The van der Waals surface area contributed by atoms with E-state index in [1.54, 1.807) is 0 Å². The summed E-state index contributed by atoms with van der Waals surface area (Å²) in [6.45, 7) is 3.81. The van der Waals surface area contributed by atoms with Gasteiger partial charge in [-0.3, -0.25) is 0 Å². The summed E-state index contributed by atoms with van der Waals surface area (Å²) in [6.07, 6.45) is 3.18. The maximum absolute atomic E-state index is 4.97. The van der Waals surface area contributed by atoms with Crippen LogP contribution in [-0.4, -0.2) is 6.34 Å². The van der Waals surface area contributed by atoms with E-state index in [0.29, 0.717) is 0 Å². The molecule has 2 N–H and O–H groups in total. The Morgan fingerprint density at radius 1 is 1.71 bits per heavy atom. The van der Waals surface area contributed by atoms with E-state index in [0.717, 1.165) is 5.70 Å². The fourth-order valence-electron chi connectivity index (χ4n) is 0.192. The van der Waals surface area contributed by atoms with Gasteiger partial charge in [0, 0.05) is 5.70 Å². The molecule has 0 amide bonds. The summed E-state index contributed by atoms with van der Waals surface area (Å²) in [6, 6.07) is 0. The smallest absolute Gasteiger partial charge is 0.0855 e. The molecule has 0 atom stereocenters. The van der Waals surface area contributed by atoms with Gasteiger partial charge in [-0.25, -0.2) is 4.99 Å². The van der Waals surface area contributed by atoms with Crippen molar-refractivity contribution >= 4 is 6.34 Å². The van der Waals surface area contributed by atoms with Crippen LogP contribution in [0.5, 0.6) is 0 Å². The Morgan fingerprint density at radius 2 is 2.29 bits per heavy atom. The Balaban J connectivity index is 3.58. The number of allylic oxidation sites excluding steroid dienone is 2. The van der Waals surface area contributed by atoms with E-state index in [2.05, 4.69) is 4.99 Å². The van der Waals surface area contributed by atoms with Gasteiger partial charge in [0.15, 0.2) is 0 Å². The first kappa shape index (κ1) is 6.21. The standard InChI is InChI=1S/C5H10N2/c1-3-5(2)7-4-6/h3-4H,1-2H3,(H2,6,7)/b5-3+. The van der Waals surface area contributed by atoms with Crippen LogP contribution in [0.4, 0.5) is 0 Å². The van der Waals surface area contributed by atoms with Gasteiger partial charge in [0.2, 0.25) is 0 Å². The molecule has 0 unspecified atom stereocenters. The zero-order chi connectivity index (χ0) is 5.70. The van der Waals surface area contributed by atoms with Gasteiger partial charge in [0.25, 0.3) is 0 Å². The average Bonchev–Trinajstić information content (AvgIpc) is 1.68. The number of hydrogen-bond donors (Lipinski definition) is 1. The van der Waals surface area contributed by atoms with Crippen molar-refractivity contribution in [3.63, 3.8) is 0 Å². The molecule has 2 heteroatoms. The Labute approximate surface area is 43.7 Å². The summed E-state index contributed by atoms with van der Waals surface area (Å²) in [5.74, 6) is 0. The molecule has 0 heterocycles. The zero-order valence-electron chi connectivity index (χ0n) is 4.68. The molecule has 2 nitrogen and oxygen atoms in total. The van der Waals surface area contributed by atoms with E-state index >= 15 is 0 Å². The molecule has 40 valence electrons. The fourth-order valence-corrected chi connectivity index (χ4v) is 0.192. The SMILES string of the molecule is C/C=C(\C)N=CN. The lowest BCUT2D eigenvalue weighted by atomic mass is 10.5. The van der Waals surface area contributed by atoms with E-state index in [1.807, 2.05) is 19.9 Å². The molecule has 0 aliphatic heterocycles. The molecule has 0 saturated heterocycles. The van der Waals surface area contributed by atoms with Crippen LogP contribution in [-0.2, 0) is 0 Å². The number of hydrogen-bond acceptors (Lipinski definition) is 1. The fraction of sp³-hybridized carbons (Fsp3) is 0.400. The third-order valence-electron chi connectivity index (χ3n) is 0.696. The summed E-state index contributed by atoms with van der Waals surface area (Å²) in [4.78, 5) is 3.76. The van der Waals surface area contributed by atoms with E-state index < -0.39 is 0 Å². The molecule has 0 aliphatic carbocycles. The first-order valence-electron chi connectivity index (χ1n) is 2.18. The zero-order valence-corrected chi connectivity index (χ0v) is 4.68. The Hall–Kier alpha value is -0.790. The maximum Gasteiger partial charge on any atom is 0.0855 e. The molecule has 0 saturated carbocycles. The molecule has 0 aromatic carbocycles. The molecule has 0 aliphatic rings. The molecule has 7 heavy (non-hydrogen) atoms. The molecule has 0 radical (unpaired) electrons. The van der Waals surface area contributed by atoms with Crippen molar-refractivity contribution in [2.45, 2.75) is 13.8 Å². The normalized spacial score (nSPS) is 13.1. The van der Waals surface area contributed by atoms with Crippen molar-refractivity contribution in [1.29, 1.82) is 0 Å². The van der Waals surface area contributed by atoms with Crippen LogP contribution in [0.15, 0.2) is 16.8 Å². The van der Waals surface area contributed by atoms with Crippen LogP contribution in [0, 0.1) is 0 Å². The minimum atomic E-state index is 0.947. The third kappa shape index (κ3) is 3.03. The number of nitrogens with zero attached hydrogens (tertiary/aromatic N) is 1. The number of nitrogens with two attached hydrogens (primary N) is 1. The first-order valence-corrected chi connectivity index (χ1v) is 2.18. The van der Waals surface area contributed by atoms with Gasteiger partial charge in [-0.05, 0) is 13.8 Å². The van der Waals surface area contributed by atoms with Gasteiger partial charge >= 0.3 is 0 Å². The third-order valence-corrected chi connectivity index (χ3v) is 0.696. The van der Waals surface area contributed by atoms with Crippen LogP contribution in [0.3, 0.4) is 0 Å². The molecule has 0 bridgehead atoms. The van der Waals surface area contributed by atoms with Crippen molar-refractivity contribution in [3.8, 4) is 0 Å². The van der Waals surface area contributed by atoms with Crippen LogP contribution >= 0.6 is 0 Å². The molecule has 0 spiro atoms. The largest absolute Gasteiger partial charge is 0.390 e. The molecule has 0 aromatic rings. The molecule has 0 rings (SSSR count). The highest BCUT2D eigenvalue weighted by Crippen LogP contribution is 1.88. The summed E-state index contributed by atoms with van der Waals surface area (Å²) in [7, 11) is 0. The van der Waals surface area contributed by atoms with Crippen molar-refractivity contribution in [2.24, 2.45) is 10.7 Å². The predicted octanol–water partition coefficient (Wildman–Crippen LogP) is 0.897. The van der Waals surface area contributed by atoms with E-state index in [9.17, 15) is 0 Å². The lowest BCUT2D eigenvalue weighted by Gasteiger charge is -1.81. The second-order valence-electron chi connectivity index (χ2n) is 1.21. The Bertz CT molecular complexity index is 92.3. The summed E-state index contributed by atoms with van der Waals surface area (Å²) < 4.78 is 0. The topological polar surface area (TPSA) is 38.4 Å². The molecule has 0 aromatic heterocycles. The molecule has 0 fully saturated rings. The number of aliphatic imine (C=N–C) groups is 1. The minimum Gasteiger partial charge on any atom is -0.390 e. The highest BCUT2D eigenvalue weighted by Gasteiger charge is 1.70. The Kier molecular flexibility index (Phi) is 3.02. The second-order valence-corrected chi connectivity index (χ2v) is 1.21. The number of rotatable bonds is 1. The van der Waals surface area contributed by atoms with E-state index in [1.165, 1.54) is 6.34 Å². The van der Waals surface area contributed by atoms with Gasteiger partial charge < -0.3 is 5.73 Å². The van der Waals surface area contributed by atoms with Gasteiger partial charge in [-0.15, -0.1) is 0 Å². The maximum atomic E-state index is 4.97. The molecular weight excluding hydrogens is 88.1 g/mol. The average molecular weight is 98.1 g/mol. The van der Waals surface area contributed by atoms with Crippen molar-refractivity contribution < 1.29 is 0 Å². The minimum absolute atomic E-state index is 0.947. The lowest BCUT2D eigenvalue weighted by Crippen LogP contribution is -1.87. The Morgan fingerprint density at radius 3 is 2.43 bits per heavy atom. The summed E-state index contributed by atoms with van der Waals surface area (Å²) in [5.41, 5.74) is 5.92. The second kappa shape index (κ2) is 3.40. The monoisotopic (exact) mass is 98.1 g/mol. The molecular formula is C5H10N2. The van der Waals surface area contributed by atoms with Crippen LogP contribution < -0.4 is 5.73 Å². The van der Waals surface area contributed by atoms with Crippen molar-refractivity contribution in [1.82, 2.24) is 0 Å². The quantitative estimate of drug-likeness (QED) is 0.384. The lowest BCUT2D eigenvalue weighted by molar-refractivity contribution is 1.29. The first-order chi connectivity index (χ1) is 3.31. The van der Waals surface area contributed by atoms with Crippen molar-refractivity contribution in [2.75, 3.05) is 0 Å². The summed E-state index contributed by atoms with van der Waals surface area (Å²) in [5, 5.41) is 0. The van der Waals surface area contributed by atoms with Crippen LogP contribution in [0.2, 0.25) is 0 Å². The predicted molar refractivity (Wildman–Crippen MR) is 32.1 cm³/mol. The highest BCUT2D eigenvalue weighted by molar-refractivity contribution is 5.53. The van der Waals surface area contributed by atoms with Gasteiger partial charge in [-0.1, -0.05) is 6.08 Å². The summed E-state index contributed by atoms with van der Waals surface area (Å²) >= 11 is 0. The van der Waals surface area contributed by atoms with Crippen LogP contribution in [0.25, 0.3) is 0 Å². The van der Waals surface area contributed by atoms with E-state index in [4.69, 9.17) is 5.73 Å². The van der Waals surface area contributed by atoms with Crippen LogP contribution in [0.1, 0.15) is 13.8 Å².